The lowest BCUT2D eigenvalue weighted by Crippen LogP contribution is -2.27. The summed E-state index contributed by atoms with van der Waals surface area (Å²) >= 11 is 0.942. The van der Waals surface area contributed by atoms with Crippen molar-refractivity contribution in [3.63, 3.8) is 0 Å². The Bertz CT molecular complexity index is 684. The van der Waals surface area contributed by atoms with E-state index in [-0.39, 0.29) is 11.1 Å². The topological polar surface area (TPSA) is 50.3 Å². The number of carbonyl (C=O) groups is 2. The molecule has 1 aromatic carbocycles. The zero-order chi connectivity index (χ0) is 13.9. The molecule has 0 spiro atoms. The van der Waals surface area contributed by atoms with E-state index in [1.807, 2.05) is 12.1 Å². The van der Waals surface area contributed by atoms with Crippen LogP contribution in [0.3, 0.4) is 0 Å². The first-order valence-corrected chi connectivity index (χ1v) is 6.80. The molecule has 0 unspecified atom stereocenters. The van der Waals surface area contributed by atoms with Gasteiger partial charge in [-0.2, -0.15) is 0 Å². The average Bonchev–Trinajstić information content (AvgIpc) is 2.75. The minimum Gasteiger partial charge on any atom is -0.268 e. The third-order valence-electron chi connectivity index (χ3n) is 2.79. The van der Waals surface area contributed by atoms with Crippen molar-refractivity contribution in [1.29, 1.82) is 0 Å². The number of pyridine rings is 1. The summed E-state index contributed by atoms with van der Waals surface area (Å²) in [5, 5.41) is -0.281. The SMILES string of the molecule is O=C1SC(=Cc2cccnc2)C(=O)N1c1ccccc1. The van der Waals surface area contributed by atoms with Gasteiger partial charge in [0, 0.05) is 12.4 Å². The van der Waals surface area contributed by atoms with E-state index in [2.05, 4.69) is 4.98 Å². The van der Waals surface area contributed by atoms with Crippen LogP contribution in [0, 0.1) is 0 Å². The molecule has 3 rings (SSSR count). The summed E-state index contributed by atoms with van der Waals surface area (Å²) in [6, 6.07) is 12.5. The highest BCUT2D eigenvalue weighted by molar-refractivity contribution is 8.19. The van der Waals surface area contributed by atoms with Crippen molar-refractivity contribution in [3.8, 4) is 0 Å². The van der Waals surface area contributed by atoms with Crippen LogP contribution in [0.25, 0.3) is 6.08 Å². The largest absolute Gasteiger partial charge is 0.298 e. The van der Waals surface area contributed by atoms with Crippen LogP contribution in [0.2, 0.25) is 0 Å². The maximum Gasteiger partial charge on any atom is 0.298 e. The molecular formula is C15H10N2O2S. The molecule has 5 heteroatoms. The van der Waals surface area contributed by atoms with Gasteiger partial charge in [0.2, 0.25) is 0 Å². The van der Waals surface area contributed by atoms with E-state index >= 15 is 0 Å². The number of carbonyl (C=O) groups excluding carboxylic acids is 2. The fourth-order valence-electron chi connectivity index (χ4n) is 1.88. The second-order valence-electron chi connectivity index (χ2n) is 4.14. The van der Waals surface area contributed by atoms with Gasteiger partial charge in [0.05, 0.1) is 10.6 Å². The van der Waals surface area contributed by atoms with Crippen LogP contribution in [0.15, 0.2) is 59.8 Å². The predicted octanol–water partition coefficient (Wildman–Crippen LogP) is 3.32. The van der Waals surface area contributed by atoms with Crippen LogP contribution in [0.5, 0.6) is 0 Å². The van der Waals surface area contributed by atoms with E-state index in [4.69, 9.17) is 0 Å². The molecule has 98 valence electrons. The quantitative estimate of drug-likeness (QED) is 0.793. The van der Waals surface area contributed by atoms with E-state index in [9.17, 15) is 9.59 Å². The summed E-state index contributed by atoms with van der Waals surface area (Å²) in [4.78, 5) is 29.9. The van der Waals surface area contributed by atoms with Crippen LogP contribution in [-0.2, 0) is 4.79 Å². The van der Waals surface area contributed by atoms with Gasteiger partial charge in [-0.25, -0.2) is 4.90 Å². The van der Waals surface area contributed by atoms with Crippen LogP contribution >= 0.6 is 11.8 Å². The molecular weight excluding hydrogens is 272 g/mol. The molecule has 4 nitrogen and oxygen atoms in total. The van der Waals surface area contributed by atoms with Crippen molar-refractivity contribution < 1.29 is 9.59 Å². The minimum atomic E-state index is -0.296. The number of nitrogens with zero attached hydrogens (tertiary/aromatic N) is 2. The number of amides is 2. The average molecular weight is 282 g/mol. The third-order valence-corrected chi connectivity index (χ3v) is 3.66. The summed E-state index contributed by atoms with van der Waals surface area (Å²) in [6.07, 6.45) is 4.99. The Morgan fingerprint density at radius 1 is 1.05 bits per heavy atom. The zero-order valence-electron chi connectivity index (χ0n) is 10.4. The standard InChI is InChI=1S/C15H10N2O2S/c18-14-13(9-11-5-4-8-16-10-11)20-15(19)17(14)12-6-2-1-3-7-12/h1-10H. The Balaban J connectivity index is 1.93. The number of imide groups is 1. The highest BCUT2D eigenvalue weighted by Crippen LogP contribution is 2.35. The third kappa shape index (κ3) is 2.35. The van der Waals surface area contributed by atoms with Gasteiger partial charge in [-0.15, -0.1) is 0 Å². The molecule has 1 aliphatic heterocycles. The van der Waals surface area contributed by atoms with Crippen molar-refractivity contribution in [1.82, 2.24) is 4.98 Å². The normalized spacial score (nSPS) is 17.0. The molecule has 0 N–H and O–H groups in total. The Labute approximate surface area is 120 Å². The first-order chi connectivity index (χ1) is 9.75. The smallest absolute Gasteiger partial charge is 0.268 e. The van der Waals surface area contributed by atoms with Gasteiger partial charge in [-0.05, 0) is 41.6 Å². The monoisotopic (exact) mass is 282 g/mol. The number of aromatic nitrogens is 1. The molecule has 1 aliphatic rings. The highest BCUT2D eigenvalue weighted by atomic mass is 32.2. The van der Waals surface area contributed by atoms with Crippen LogP contribution in [-0.4, -0.2) is 16.1 Å². The van der Waals surface area contributed by atoms with Gasteiger partial charge in [0.15, 0.2) is 0 Å². The molecule has 1 fully saturated rings. The van der Waals surface area contributed by atoms with Crippen molar-refractivity contribution in [3.05, 3.63) is 65.3 Å². The van der Waals surface area contributed by atoms with E-state index < -0.39 is 0 Å². The molecule has 0 radical (unpaired) electrons. The fraction of sp³-hybridized carbons (Fsp3) is 0. The Hall–Kier alpha value is -2.40. The van der Waals surface area contributed by atoms with Gasteiger partial charge in [0.1, 0.15) is 0 Å². The number of benzene rings is 1. The Kier molecular flexibility index (Phi) is 3.35. The molecule has 1 saturated heterocycles. The lowest BCUT2D eigenvalue weighted by molar-refractivity contribution is -0.113. The number of anilines is 1. The lowest BCUT2D eigenvalue weighted by Gasteiger charge is -2.11. The minimum absolute atomic E-state index is 0.281. The summed E-state index contributed by atoms with van der Waals surface area (Å²) in [5.74, 6) is -0.296. The van der Waals surface area contributed by atoms with Gasteiger partial charge >= 0.3 is 0 Å². The first-order valence-electron chi connectivity index (χ1n) is 5.99. The van der Waals surface area contributed by atoms with Crippen molar-refractivity contribution in [2.75, 3.05) is 4.90 Å². The second kappa shape index (κ2) is 5.30. The Morgan fingerprint density at radius 2 is 1.85 bits per heavy atom. The molecule has 0 atom stereocenters. The van der Waals surface area contributed by atoms with Gasteiger partial charge in [-0.3, -0.25) is 14.6 Å². The van der Waals surface area contributed by atoms with Gasteiger partial charge in [0.25, 0.3) is 11.1 Å². The van der Waals surface area contributed by atoms with Crippen molar-refractivity contribution in [2.45, 2.75) is 0 Å². The molecule has 2 amide bonds. The first kappa shape index (κ1) is 12.6. The molecule has 2 aromatic rings. The van der Waals surface area contributed by atoms with E-state index in [0.29, 0.717) is 10.6 Å². The lowest BCUT2D eigenvalue weighted by atomic mass is 10.2. The molecule has 0 aliphatic carbocycles. The fourth-order valence-corrected chi connectivity index (χ4v) is 2.72. The summed E-state index contributed by atoms with van der Waals surface area (Å²) in [5.41, 5.74) is 1.38. The van der Waals surface area contributed by atoms with E-state index in [1.54, 1.807) is 48.8 Å². The molecule has 1 aromatic heterocycles. The maximum atomic E-state index is 12.3. The molecule has 0 saturated carbocycles. The van der Waals surface area contributed by atoms with Crippen molar-refractivity contribution in [2.24, 2.45) is 0 Å². The number of rotatable bonds is 2. The highest BCUT2D eigenvalue weighted by Gasteiger charge is 2.36. The van der Waals surface area contributed by atoms with Gasteiger partial charge < -0.3 is 0 Å². The zero-order valence-corrected chi connectivity index (χ0v) is 11.2. The molecule has 2 heterocycles. The summed E-state index contributed by atoms with van der Waals surface area (Å²) in [6.45, 7) is 0. The van der Waals surface area contributed by atoms with Crippen LogP contribution in [0.1, 0.15) is 5.56 Å². The number of hydrogen-bond donors (Lipinski definition) is 0. The Morgan fingerprint density at radius 3 is 2.55 bits per heavy atom. The molecule has 20 heavy (non-hydrogen) atoms. The maximum absolute atomic E-state index is 12.3. The van der Waals surface area contributed by atoms with Crippen LogP contribution in [0.4, 0.5) is 10.5 Å². The summed E-state index contributed by atoms with van der Waals surface area (Å²) < 4.78 is 0. The number of thioether (sulfide) groups is 1. The second-order valence-corrected chi connectivity index (χ2v) is 5.13. The van der Waals surface area contributed by atoms with E-state index in [1.165, 1.54) is 4.90 Å². The number of hydrogen-bond acceptors (Lipinski definition) is 4. The predicted molar refractivity (Wildman–Crippen MR) is 79.1 cm³/mol. The summed E-state index contributed by atoms with van der Waals surface area (Å²) in [7, 11) is 0. The van der Waals surface area contributed by atoms with Gasteiger partial charge in [-0.1, -0.05) is 24.3 Å². The number of para-hydroxylation sites is 1. The van der Waals surface area contributed by atoms with Crippen LogP contribution < -0.4 is 4.90 Å². The van der Waals surface area contributed by atoms with E-state index in [0.717, 1.165) is 17.3 Å². The molecule has 0 bridgehead atoms. The van der Waals surface area contributed by atoms with Crippen molar-refractivity contribution >= 4 is 34.7 Å².